The fourth-order valence-electron chi connectivity index (χ4n) is 4.71. The number of hydrogen-bond donors (Lipinski definition) is 0. The zero-order chi connectivity index (χ0) is 27.0. The Morgan fingerprint density at radius 3 is 2.56 bits per heavy atom. The van der Waals surface area contributed by atoms with Crippen molar-refractivity contribution in [1.29, 1.82) is 0 Å². The largest absolute Gasteiger partial charge is 0.467 e. The molecule has 0 bridgehead atoms. The number of halogens is 1. The van der Waals surface area contributed by atoms with E-state index in [0.29, 0.717) is 43.4 Å². The summed E-state index contributed by atoms with van der Waals surface area (Å²) in [7, 11) is 0. The van der Waals surface area contributed by atoms with Gasteiger partial charge in [-0.1, -0.05) is 12.1 Å². The predicted octanol–water partition coefficient (Wildman–Crippen LogP) is 3.54. The molecule has 2 amide bonds. The SMILES string of the molecule is O=C(CN(CCCN1CCOCC1)C(=O)c1cccc(F)c1)N(Cc1ccc2c(c1)OCO2)Cc1ccco1. The van der Waals surface area contributed by atoms with Crippen LogP contribution in [0, 0.1) is 5.82 Å². The molecule has 0 atom stereocenters. The first-order valence-electron chi connectivity index (χ1n) is 13.1. The van der Waals surface area contributed by atoms with Crippen molar-refractivity contribution in [3.63, 3.8) is 0 Å². The summed E-state index contributed by atoms with van der Waals surface area (Å²) in [6.07, 6.45) is 2.23. The summed E-state index contributed by atoms with van der Waals surface area (Å²) in [6, 6.07) is 14.7. The van der Waals surface area contributed by atoms with Crippen molar-refractivity contribution in [2.45, 2.75) is 19.5 Å². The monoisotopic (exact) mass is 537 g/mol. The lowest BCUT2D eigenvalue weighted by Crippen LogP contribution is -2.44. The van der Waals surface area contributed by atoms with Gasteiger partial charge >= 0.3 is 0 Å². The summed E-state index contributed by atoms with van der Waals surface area (Å²) in [5.41, 5.74) is 1.07. The number of nitrogens with zero attached hydrogens (tertiary/aromatic N) is 3. The number of fused-ring (bicyclic) bond motifs is 1. The molecule has 1 saturated heterocycles. The highest BCUT2D eigenvalue weighted by molar-refractivity contribution is 5.96. The van der Waals surface area contributed by atoms with Crippen molar-refractivity contribution >= 4 is 11.8 Å². The van der Waals surface area contributed by atoms with E-state index in [-0.39, 0.29) is 43.8 Å². The van der Waals surface area contributed by atoms with E-state index in [1.54, 1.807) is 29.4 Å². The van der Waals surface area contributed by atoms with E-state index < -0.39 is 5.82 Å². The topological polar surface area (TPSA) is 84.7 Å². The molecule has 2 aliphatic heterocycles. The van der Waals surface area contributed by atoms with Gasteiger partial charge in [0.15, 0.2) is 11.5 Å². The van der Waals surface area contributed by atoms with Gasteiger partial charge < -0.3 is 28.4 Å². The summed E-state index contributed by atoms with van der Waals surface area (Å²) in [6.45, 7) is 4.71. The Kier molecular flexibility index (Phi) is 8.75. The number of hydrogen-bond acceptors (Lipinski definition) is 7. The van der Waals surface area contributed by atoms with Crippen LogP contribution in [0.1, 0.15) is 28.1 Å². The first kappa shape index (κ1) is 26.7. The van der Waals surface area contributed by atoms with Crippen molar-refractivity contribution < 1.29 is 32.6 Å². The minimum Gasteiger partial charge on any atom is -0.467 e. The molecule has 0 N–H and O–H groups in total. The van der Waals surface area contributed by atoms with Crippen LogP contribution in [-0.4, -0.2) is 79.2 Å². The lowest BCUT2D eigenvalue weighted by atomic mass is 10.1. The Bertz CT molecular complexity index is 1260. The highest BCUT2D eigenvalue weighted by Gasteiger charge is 2.25. The number of carbonyl (C=O) groups is 2. The molecule has 5 rings (SSSR count). The van der Waals surface area contributed by atoms with Crippen molar-refractivity contribution in [2.75, 3.05) is 52.7 Å². The first-order chi connectivity index (χ1) is 19.0. The number of amides is 2. The van der Waals surface area contributed by atoms with Gasteiger partial charge in [-0.25, -0.2) is 4.39 Å². The van der Waals surface area contributed by atoms with E-state index in [2.05, 4.69) is 4.90 Å². The molecule has 2 aromatic carbocycles. The Labute approximate surface area is 226 Å². The maximum atomic E-state index is 13.9. The molecule has 3 heterocycles. The van der Waals surface area contributed by atoms with E-state index in [1.807, 2.05) is 18.2 Å². The lowest BCUT2D eigenvalue weighted by molar-refractivity contribution is -0.133. The maximum Gasteiger partial charge on any atom is 0.254 e. The lowest BCUT2D eigenvalue weighted by Gasteiger charge is -2.30. The fourth-order valence-corrected chi connectivity index (χ4v) is 4.71. The van der Waals surface area contributed by atoms with Crippen LogP contribution in [-0.2, 0) is 22.6 Å². The maximum absolute atomic E-state index is 13.9. The van der Waals surface area contributed by atoms with Crippen LogP contribution in [0.2, 0.25) is 0 Å². The predicted molar refractivity (Wildman–Crippen MR) is 140 cm³/mol. The molecule has 0 radical (unpaired) electrons. The van der Waals surface area contributed by atoms with Crippen molar-refractivity contribution in [1.82, 2.24) is 14.7 Å². The molecule has 0 saturated carbocycles. The molecule has 9 nitrogen and oxygen atoms in total. The third kappa shape index (κ3) is 7.15. The third-order valence-electron chi connectivity index (χ3n) is 6.78. The molecule has 39 heavy (non-hydrogen) atoms. The van der Waals surface area contributed by atoms with Gasteiger partial charge in [-0.15, -0.1) is 0 Å². The standard InChI is InChI=1S/C29H32FN3O6/c30-24-5-1-4-23(17-24)29(35)32(10-3-9-31-11-14-36-15-12-31)20-28(34)33(19-25-6-2-13-37-25)18-22-7-8-26-27(16-22)39-21-38-26/h1-2,4-8,13,16-17H,3,9-12,14-15,18-21H2. The second-order valence-corrected chi connectivity index (χ2v) is 9.56. The summed E-state index contributed by atoms with van der Waals surface area (Å²) in [5, 5.41) is 0. The average molecular weight is 538 g/mol. The molecular formula is C29H32FN3O6. The van der Waals surface area contributed by atoms with Gasteiger partial charge in [-0.2, -0.15) is 0 Å². The average Bonchev–Trinajstić information content (AvgIpc) is 3.64. The second-order valence-electron chi connectivity index (χ2n) is 9.56. The molecule has 0 spiro atoms. The summed E-state index contributed by atoms with van der Waals surface area (Å²) >= 11 is 0. The van der Waals surface area contributed by atoms with Crippen LogP contribution < -0.4 is 9.47 Å². The number of benzene rings is 2. The zero-order valence-corrected chi connectivity index (χ0v) is 21.7. The number of carbonyl (C=O) groups excluding carboxylic acids is 2. The molecular weight excluding hydrogens is 505 g/mol. The number of ether oxygens (including phenoxy) is 3. The van der Waals surface area contributed by atoms with Gasteiger partial charge in [0.05, 0.1) is 26.0 Å². The normalized spacial score (nSPS) is 14.8. The molecule has 1 fully saturated rings. The highest BCUT2D eigenvalue weighted by Crippen LogP contribution is 2.33. The van der Waals surface area contributed by atoms with Crippen molar-refractivity contribution in [2.24, 2.45) is 0 Å². The summed E-state index contributed by atoms with van der Waals surface area (Å²) in [4.78, 5) is 32.6. The zero-order valence-electron chi connectivity index (χ0n) is 21.7. The smallest absolute Gasteiger partial charge is 0.254 e. The summed E-state index contributed by atoms with van der Waals surface area (Å²) in [5.74, 6) is 0.784. The molecule has 0 unspecified atom stereocenters. The minimum atomic E-state index is -0.498. The Morgan fingerprint density at radius 1 is 0.923 bits per heavy atom. The molecule has 1 aromatic heterocycles. The van der Waals surface area contributed by atoms with Crippen LogP contribution in [0.15, 0.2) is 65.3 Å². The summed E-state index contributed by atoms with van der Waals surface area (Å²) < 4.78 is 35.8. The highest BCUT2D eigenvalue weighted by atomic mass is 19.1. The van der Waals surface area contributed by atoms with Gasteiger partial charge in [0.1, 0.15) is 18.1 Å². The van der Waals surface area contributed by atoms with Crippen LogP contribution in [0.4, 0.5) is 4.39 Å². The van der Waals surface area contributed by atoms with Crippen LogP contribution in [0.3, 0.4) is 0 Å². The van der Waals surface area contributed by atoms with E-state index in [1.165, 1.54) is 23.1 Å². The molecule has 2 aliphatic rings. The van der Waals surface area contributed by atoms with E-state index >= 15 is 0 Å². The molecule has 206 valence electrons. The Hall–Kier alpha value is -3.89. The van der Waals surface area contributed by atoms with Gasteiger partial charge in [-0.05, 0) is 54.4 Å². The number of furan rings is 1. The Morgan fingerprint density at radius 2 is 1.77 bits per heavy atom. The van der Waals surface area contributed by atoms with Gasteiger partial charge in [0.25, 0.3) is 5.91 Å². The third-order valence-corrected chi connectivity index (χ3v) is 6.78. The van der Waals surface area contributed by atoms with Crippen LogP contribution >= 0.6 is 0 Å². The molecule has 10 heteroatoms. The fraction of sp³-hybridized carbons (Fsp3) is 0.379. The minimum absolute atomic E-state index is 0.149. The van der Waals surface area contributed by atoms with E-state index in [0.717, 1.165) is 25.2 Å². The molecule has 3 aromatic rings. The quantitative estimate of drug-likeness (QED) is 0.370. The van der Waals surface area contributed by atoms with Gasteiger partial charge in [0, 0.05) is 38.3 Å². The van der Waals surface area contributed by atoms with Crippen LogP contribution in [0.25, 0.3) is 0 Å². The first-order valence-corrected chi connectivity index (χ1v) is 13.1. The van der Waals surface area contributed by atoms with Crippen LogP contribution in [0.5, 0.6) is 11.5 Å². The number of rotatable bonds is 11. The van der Waals surface area contributed by atoms with E-state index in [4.69, 9.17) is 18.6 Å². The van der Waals surface area contributed by atoms with Gasteiger partial charge in [0.2, 0.25) is 12.7 Å². The van der Waals surface area contributed by atoms with E-state index in [9.17, 15) is 14.0 Å². The number of morpholine rings is 1. The van der Waals surface area contributed by atoms with Gasteiger partial charge in [-0.3, -0.25) is 14.5 Å². The molecule has 0 aliphatic carbocycles. The second kappa shape index (κ2) is 12.8. The van der Waals surface area contributed by atoms with Crippen molar-refractivity contribution in [3.05, 3.63) is 83.6 Å². The van der Waals surface area contributed by atoms with Crippen molar-refractivity contribution in [3.8, 4) is 11.5 Å². The Balaban J connectivity index is 1.32.